The molecule has 0 saturated heterocycles. The highest BCUT2D eigenvalue weighted by Crippen LogP contribution is 2.51. The van der Waals surface area contributed by atoms with Crippen molar-refractivity contribution in [1.82, 2.24) is 0 Å². The molecule has 0 spiro atoms. The summed E-state index contributed by atoms with van der Waals surface area (Å²) in [5.41, 5.74) is -0.542. The van der Waals surface area contributed by atoms with Crippen LogP contribution in [0, 0.1) is 6.92 Å². The predicted octanol–water partition coefficient (Wildman–Crippen LogP) is 7.66. The summed E-state index contributed by atoms with van der Waals surface area (Å²) in [5, 5.41) is 19.4. The molecule has 0 fully saturated rings. The number of hydrogen-bond acceptors (Lipinski definition) is 3. The quantitative estimate of drug-likeness (QED) is 0.280. The summed E-state index contributed by atoms with van der Waals surface area (Å²) < 4.78 is 51.1. The maximum atomic E-state index is 15.1. The fraction of sp³-hybridized carbons (Fsp3) is 0.172. The molecule has 0 aliphatic carbocycles. The van der Waals surface area contributed by atoms with Gasteiger partial charge in [-0.2, -0.15) is 13.2 Å². The predicted molar refractivity (Wildman–Crippen MR) is 129 cm³/mol. The topological polar surface area (TPSA) is 49.7 Å². The monoisotopic (exact) mass is 478 g/mol. The molecule has 4 aromatic carbocycles. The summed E-state index contributed by atoms with van der Waals surface area (Å²) in [5.74, 6) is 0.760. The Hall–Kier alpha value is -3.93. The van der Waals surface area contributed by atoms with E-state index in [2.05, 4.69) is 6.07 Å². The summed E-state index contributed by atoms with van der Waals surface area (Å²) in [7, 11) is 0. The first-order valence-corrected chi connectivity index (χ1v) is 11.2. The lowest BCUT2D eigenvalue weighted by Gasteiger charge is -2.37. The lowest BCUT2D eigenvalue weighted by atomic mass is 9.68. The van der Waals surface area contributed by atoms with Crippen molar-refractivity contribution in [3.63, 3.8) is 0 Å². The Balaban J connectivity index is 1.84. The van der Waals surface area contributed by atoms with E-state index >= 15 is 13.2 Å². The molecule has 0 bridgehead atoms. The molecule has 0 saturated carbocycles. The molecule has 6 heteroatoms. The van der Waals surface area contributed by atoms with Gasteiger partial charge in [0.2, 0.25) is 0 Å². The van der Waals surface area contributed by atoms with Crippen LogP contribution in [0.5, 0.6) is 23.0 Å². The van der Waals surface area contributed by atoms with Gasteiger partial charge in [0.25, 0.3) is 0 Å². The van der Waals surface area contributed by atoms with Crippen molar-refractivity contribution in [1.29, 1.82) is 0 Å². The highest BCUT2D eigenvalue weighted by Gasteiger charge is 2.58. The number of aryl methyl sites for hydroxylation is 2. The Labute approximate surface area is 202 Å². The van der Waals surface area contributed by atoms with Gasteiger partial charge in [-0.1, -0.05) is 49.4 Å². The summed E-state index contributed by atoms with van der Waals surface area (Å²) in [6, 6.07) is 21.7. The Morgan fingerprint density at radius 1 is 0.657 bits per heavy atom. The van der Waals surface area contributed by atoms with Crippen molar-refractivity contribution in [2.75, 3.05) is 0 Å². The maximum Gasteiger partial charge on any atom is 0.406 e. The van der Waals surface area contributed by atoms with Gasteiger partial charge in [0.05, 0.1) is 0 Å². The number of hydrogen-bond donors (Lipinski definition) is 2. The number of aromatic hydroxyl groups is 2. The van der Waals surface area contributed by atoms with E-state index in [-0.39, 0.29) is 28.2 Å². The number of phenols is 2. The molecule has 0 amide bonds. The molecule has 3 nitrogen and oxygen atoms in total. The number of phenolic OH excluding ortho intramolecular Hbond substituents is 2. The van der Waals surface area contributed by atoms with E-state index in [1.807, 2.05) is 26.0 Å². The molecule has 0 unspecified atom stereocenters. The van der Waals surface area contributed by atoms with Gasteiger partial charge in [-0.25, -0.2) is 0 Å². The van der Waals surface area contributed by atoms with E-state index in [1.165, 1.54) is 72.8 Å². The zero-order valence-corrected chi connectivity index (χ0v) is 19.3. The van der Waals surface area contributed by atoms with Crippen LogP contribution in [0.15, 0.2) is 91.0 Å². The Morgan fingerprint density at radius 2 is 1.11 bits per heavy atom. The van der Waals surface area contributed by atoms with Gasteiger partial charge < -0.3 is 14.9 Å². The number of ether oxygens (including phenoxy) is 1. The van der Waals surface area contributed by atoms with Crippen LogP contribution in [0.3, 0.4) is 0 Å². The third-order valence-electron chi connectivity index (χ3n) is 6.07. The molecule has 0 atom stereocenters. The lowest BCUT2D eigenvalue weighted by Crippen LogP contribution is -2.44. The number of alkyl halides is 3. The Morgan fingerprint density at radius 3 is 1.54 bits per heavy atom. The molecule has 0 heterocycles. The second kappa shape index (κ2) is 9.37. The molecule has 4 rings (SSSR count). The Kier molecular flexibility index (Phi) is 6.48. The van der Waals surface area contributed by atoms with Crippen molar-refractivity contribution >= 4 is 0 Å². The van der Waals surface area contributed by atoms with Gasteiger partial charge in [-0.3, -0.25) is 0 Å². The molecule has 0 radical (unpaired) electrons. The zero-order valence-electron chi connectivity index (χ0n) is 19.3. The Bertz CT molecular complexity index is 1250. The fourth-order valence-electron chi connectivity index (χ4n) is 4.41. The SMILES string of the molecule is CCc1cc(C)cc(Oc2ccc(C(c3ccc(O)cc3)(c3ccc(O)cc3)C(F)(F)F)cc2)c1. The maximum absolute atomic E-state index is 15.1. The number of rotatable bonds is 6. The first kappa shape index (κ1) is 24.2. The van der Waals surface area contributed by atoms with Crippen molar-refractivity contribution in [3.8, 4) is 23.0 Å². The van der Waals surface area contributed by atoms with Gasteiger partial charge in [-0.15, -0.1) is 0 Å². The average Bonchev–Trinajstić information content (AvgIpc) is 2.81. The normalized spacial score (nSPS) is 11.9. The minimum atomic E-state index is -4.74. The summed E-state index contributed by atoms with van der Waals surface area (Å²) in [6.45, 7) is 4.00. The van der Waals surface area contributed by atoms with Crippen molar-refractivity contribution in [2.45, 2.75) is 31.9 Å². The van der Waals surface area contributed by atoms with Crippen LogP contribution in [0.25, 0.3) is 0 Å². The molecule has 180 valence electrons. The standard InChI is InChI=1S/C29H25F3O3/c1-3-20-16-19(2)17-27(18-20)35-26-14-8-23(9-15-26)28(29(30,31)32,21-4-10-24(33)11-5-21)22-6-12-25(34)13-7-22/h4-18,33-34H,3H2,1-2H3. The van der Waals surface area contributed by atoms with Crippen molar-refractivity contribution in [2.24, 2.45) is 0 Å². The van der Waals surface area contributed by atoms with E-state index in [0.717, 1.165) is 17.5 Å². The molecular formula is C29H25F3O3. The summed E-state index contributed by atoms with van der Waals surface area (Å²) in [4.78, 5) is 0. The molecule has 2 N–H and O–H groups in total. The van der Waals surface area contributed by atoms with E-state index in [1.54, 1.807) is 0 Å². The van der Waals surface area contributed by atoms with Crippen molar-refractivity contribution in [3.05, 3.63) is 119 Å². The van der Waals surface area contributed by atoms with E-state index in [9.17, 15) is 10.2 Å². The second-order valence-corrected chi connectivity index (χ2v) is 8.48. The van der Waals surface area contributed by atoms with E-state index in [4.69, 9.17) is 4.74 Å². The highest BCUT2D eigenvalue weighted by atomic mass is 19.4. The largest absolute Gasteiger partial charge is 0.508 e. The fourth-order valence-corrected chi connectivity index (χ4v) is 4.41. The van der Waals surface area contributed by atoms with Crippen LogP contribution >= 0.6 is 0 Å². The van der Waals surface area contributed by atoms with Gasteiger partial charge >= 0.3 is 6.18 Å². The molecule has 35 heavy (non-hydrogen) atoms. The van der Waals surface area contributed by atoms with Gasteiger partial charge in [0, 0.05) is 0 Å². The van der Waals surface area contributed by atoms with Crippen LogP contribution in [0.2, 0.25) is 0 Å². The van der Waals surface area contributed by atoms with Crippen molar-refractivity contribution < 1.29 is 28.1 Å². The second-order valence-electron chi connectivity index (χ2n) is 8.48. The third kappa shape index (κ3) is 4.69. The minimum absolute atomic E-state index is 0.0211. The van der Waals surface area contributed by atoms with Gasteiger partial charge in [0.15, 0.2) is 0 Å². The molecule has 0 aliphatic rings. The summed E-state index contributed by atoms with van der Waals surface area (Å²) in [6.07, 6.45) is -3.90. The molecule has 4 aromatic rings. The van der Waals surface area contributed by atoms with Crippen LogP contribution in [-0.4, -0.2) is 16.4 Å². The summed E-state index contributed by atoms with van der Waals surface area (Å²) >= 11 is 0. The molecule has 0 aromatic heterocycles. The average molecular weight is 479 g/mol. The lowest BCUT2D eigenvalue weighted by molar-refractivity contribution is -0.166. The number of benzene rings is 4. The number of halogens is 3. The van der Waals surface area contributed by atoms with Crippen LogP contribution < -0.4 is 4.74 Å². The highest BCUT2D eigenvalue weighted by molar-refractivity contribution is 5.55. The minimum Gasteiger partial charge on any atom is -0.508 e. The first-order valence-electron chi connectivity index (χ1n) is 11.2. The van der Waals surface area contributed by atoms with Gasteiger partial charge in [-0.05, 0) is 89.7 Å². The zero-order chi connectivity index (χ0) is 25.2. The van der Waals surface area contributed by atoms with Crippen LogP contribution in [0.4, 0.5) is 13.2 Å². The van der Waals surface area contributed by atoms with Crippen LogP contribution in [0.1, 0.15) is 34.7 Å². The smallest absolute Gasteiger partial charge is 0.406 e. The third-order valence-corrected chi connectivity index (χ3v) is 6.07. The first-order chi connectivity index (χ1) is 16.6. The van der Waals surface area contributed by atoms with Gasteiger partial charge in [0.1, 0.15) is 28.4 Å². The molecule has 0 aliphatic heterocycles. The van der Waals surface area contributed by atoms with Crippen LogP contribution in [-0.2, 0) is 11.8 Å². The molecular weight excluding hydrogens is 453 g/mol. The van der Waals surface area contributed by atoms with E-state index in [0.29, 0.717) is 11.5 Å². The van der Waals surface area contributed by atoms with E-state index < -0.39 is 11.6 Å².